The molecular weight excluding hydrogens is 296 g/mol. The summed E-state index contributed by atoms with van der Waals surface area (Å²) in [5.41, 5.74) is 0.801. The van der Waals surface area contributed by atoms with Gasteiger partial charge >= 0.3 is 5.76 Å². The molecule has 7 nitrogen and oxygen atoms in total. The van der Waals surface area contributed by atoms with Crippen LogP contribution in [0.3, 0.4) is 0 Å². The van der Waals surface area contributed by atoms with E-state index >= 15 is 0 Å². The van der Waals surface area contributed by atoms with E-state index in [-0.39, 0.29) is 23.0 Å². The van der Waals surface area contributed by atoms with Crippen molar-refractivity contribution in [3.8, 4) is 0 Å². The number of rotatable bonds is 3. The van der Waals surface area contributed by atoms with Gasteiger partial charge in [-0.3, -0.25) is 4.57 Å². The number of fused-ring (bicyclic) bond motifs is 1. The zero-order valence-corrected chi connectivity index (χ0v) is 12.3. The standard InChI is InChI=1S/C13H16N2O5S/c1-14-11-3-2-10(6-12(11)20-13(14)17)21(18,19)15-5-4-9(7-15)8-16/h2-3,6,9,16H,4-5,7-8H2,1H3. The molecule has 1 fully saturated rings. The summed E-state index contributed by atoms with van der Waals surface area (Å²) in [5, 5.41) is 9.12. The van der Waals surface area contributed by atoms with Gasteiger partial charge in [-0.1, -0.05) is 0 Å². The van der Waals surface area contributed by atoms with Crippen molar-refractivity contribution in [2.45, 2.75) is 11.3 Å². The Labute approximate surface area is 121 Å². The van der Waals surface area contributed by atoms with Gasteiger partial charge in [0.25, 0.3) is 0 Å². The van der Waals surface area contributed by atoms with Crippen LogP contribution in [0.2, 0.25) is 0 Å². The maximum atomic E-state index is 12.5. The van der Waals surface area contributed by atoms with Gasteiger partial charge in [0.05, 0.1) is 10.4 Å². The number of benzene rings is 1. The SMILES string of the molecule is Cn1c(=O)oc2cc(S(=O)(=O)N3CCC(CO)C3)ccc21. The minimum absolute atomic E-state index is 0.0153. The van der Waals surface area contributed by atoms with Crippen molar-refractivity contribution in [3.63, 3.8) is 0 Å². The lowest BCUT2D eigenvalue weighted by molar-refractivity contribution is 0.233. The van der Waals surface area contributed by atoms with E-state index in [9.17, 15) is 13.2 Å². The van der Waals surface area contributed by atoms with Crippen LogP contribution in [0.15, 0.2) is 32.3 Å². The normalized spacial score (nSPS) is 20.4. The average molecular weight is 312 g/mol. The van der Waals surface area contributed by atoms with E-state index in [1.807, 2.05) is 0 Å². The quantitative estimate of drug-likeness (QED) is 0.870. The van der Waals surface area contributed by atoms with Gasteiger partial charge in [-0.2, -0.15) is 4.31 Å². The largest absolute Gasteiger partial charge is 0.419 e. The number of hydrogen-bond acceptors (Lipinski definition) is 5. The van der Waals surface area contributed by atoms with Gasteiger partial charge < -0.3 is 9.52 Å². The van der Waals surface area contributed by atoms with Crippen molar-refractivity contribution in [1.29, 1.82) is 0 Å². The topological polar surface area (TPSA) is 92.8 Å². The summed E-state index contributed by atoms with van der Waals surface area (Å²) in [6, 6.07) is 4.41. The van der Waals surface area contributed by atoms with Gasteiger partial charge in [-0.05, 0) is 24.5 Å². The highest BCUT2D eigenvalue weighted by atomic mass is 32.2. The summed E-state index contributed by atoms with van der Waals surface area (Å²) in [6.45, 7) is 0.693. The van der Waals surface area contributed by atoms with E-state index in [0.29, 0.717) is 25.0 Å². The number of oxazole rings is 1. The van der Waals surface area contributed by atoms with Crippen LogP contribution in [0.5, 0.6) is 0 Å². The third-order valence-electron chi connectivity index (χ3n) is 3.91. The van der Waals surface area contributed by atoms with Gasteiger partial charge in [-0.15, -0.1) is 0 Å². The van der Waals surface area contributed by atoms with Crippen LogP contribution in [0, 0.1) is 5.92 Å². The minimum atomic E-state index is -3.63. The van der Waals surface area contributed by atoms with Gasteiger partial charge in [0, 0.05) is 32.8 Å². The number of aryl methyl sites for hydroxylation is 1. The molecule has 0 spiro atoms. The zero-order valence-electron chi connectivity index (χ0n) is 11.5. The number of aromatic nitrogens is 1. The van der Waals surface area contributed by atoms with Crippen molar-refractivity contribution in [2.75, 3.05) is 19.7 Å². The number of sulfonamides is 1. The van der Waals surface area contributed by atoms with E-state index in [1.165, 1.54) is 21.0 Å². The molecule has 21 heavy (non-hydrogen) atoms. The van der Waals surface area contributed by atoms with Crippen LogP contribution in [-0.2, 0) is 17.1 Å². The minimum Gasteiger partial charge on any atom is -0.408 e. The lowest BCUT2D eigenvalue weighted by Crippen LogP contribution is -2.29. The van der Waals surface area contributed by atoms with Crippen molar-refractivity contribution in [1.82, 2.24) is 8.87 Å². The molecule has 0 saturated carbocycles. The van der Waals surface area contributed by atoms with Gasteiger partial charge in [-0.25, -0.2) is 13.2 Å². The summed E-state index contributed by atoms with van der Waals surface area (Å²) < 4.78 is 32.8. The Morgan fingerprint density at radius 1 is 1.43 bits per heavy atom. The smallest absolute Gasteiger partial charge is 0.408 e. The molecule has 1 N–H and O–H groups in total. The Hall–Kier alpha value is -1.64. The third-order valence-corrected chi connectivity index (χ3v) is 5.77. The Balaban J connectivity index is 2.01. The van der Waals surface area contributed by atoms with E-state index < -0.39 is 15.8 Å². The lowest BCUT2D eigenvalue weighted by atomic mass is 10.1. The highest BCUT2D eigenvalue weighted by Gasteiger charge is 2.32. The first kappa shape index (κ1) is 14.3. The van der Waals surface area contributed by atoms with E-state index in [0.717, 1.165) is 0 Å². The molecule has 1 aliphatic rings. The second-order valence-corrected chi connectivity index (χ2v) is 7.19. The number of aliphatic hydroxyl groups is 1. The van der Waals surface area contributed by atoms with Crippen LogP contribution >= 0.6 is 0 Å². The predicted octanol–water partition coefficient (Wildman–Crippen LogP) is 0.134. The van der Waals surface area contributed by atoms with Gasteiger partial charge in [0.15, 0.2) is 5.58 Å². The molecule has 3 rings (SSSR count). The highest BCUT2D eigenvalue weighted by molar-refractivity contribution is 7.89. The summed E-state index contributed by atoms with van der Waals surface area (Å²) >= 11 is 0. The van der Waals surface area contributed by atoms with Crippen molar-refractivity contribution in [2.24, 2.45) is 13.0 Å². The predicted molar refractivity (Wildman–Crippen MR) is 75.4 cm³/mol. The number of hydrogen-bond donors (Lipinski definition) is 1. The molecule has 0 bridgehead atoms. The molecule has 114 valence electrons. The molecule has 1 unspecified atom stereocenters. The summed E-state index contributed by atoms with van der Waals surface area (Å²) in [7, 11) is -2.06. The van der Waals surface area contributed by atoms with E-state index in [2.05, 4.69) is 0 Å². The molecule has 1 aromatic carbocycles. The Bertz CT molecular complexity index is 836. The van der Waals surface area contributed by atoms with Crippen molar-refractivity contribution < 1.29 is 17.9 Å². The highest BCUT2D eigenvalue weighted by Crippen LogP contribution is 2.26. The second-order valence-electron chi connectivity index (χ2n) is 5.26. The van der Waals surface area contributed by atoms with Crippen molar-refractivity contribution >= 4 is 21.1 Å². The van der Waals surface area contributed by atoms with Crippen LogP contribution in [-0.4, -0.2) is 42.1 Å². The van der Waals surface area contributed by atoms with Crippen LogP contribution in [0.1, 0.15) is 6.42 Å². The first-order valence-electron chi connectivity index (χ1n) is 6.64. The lowest BCUT2D eigenvalue weighted by Gasteiger charge is -2.16. The molecular formula is C13H16N2O5S. The molecule has 1 aromatic heterocycles. The monoisotopic (exact) mass is 312 g/mol. The molecule has 1 aliphatic heterocycles. The first-order chi connectivity index (χ1) is 9.93. The molecule has 2 aromatic rings. The molecule has 8 heteroatoms. The Kier molecular flexibility index (Phi) is 3.39. The first-order valence-corrected chi connectivity index (χ1v) is 8.08. The molecule has 0 radical (unpaired) electrons. The average Bonchev–Trinajstić information content (AvgIpc) is 3.05. The van der Waals surface area contributed by atoms with E-state index in [1.54, 1.807) is 13.1 Å². The maximum Gasteiger partial charge on any atom is 0.419 e. The Morgan fingerprint density at radius 3 is 2.86 bits per heavy atom. The molecule has 1 saturated heterocycles. The Morgan fingerprint density at radius 2 is 2.19 bits per heavy atom. The summed E-state index contributed by atoms with van der Waals surface area (Å²) in [4.78, 5) is 11.5. The molecule has 0 amide bonds. The molecule has 2 heterocycles. The second kappa shape index (κ2) is 4.97. The fourth-order valence-corrected chi connectivity index (χ4v) is 4.14. The van der Waals surface area contributed by atoms with Gasteiger partial charge in [0.2, 0.25) is 10.0 Å². The van der Waals surface area contributed by atoms with Gasteiger partial charge in [0.1, 0.15) is 0 Å². The zero-order chi connectivity index (χ0) is 15.2. The fourth-order valence-electron chi connectivity index (χ4n) is 2.59. The van der Waals surface area contributed by atoms with Crippen molar-refractivity contribution in [3.05, 3.63) is 28.7 Å². The van der Waals surface area contributed by atoms with Crippen LogP contribution < -0.4 is 5.76 Å². The fraction of sp³-hybridized carbons (Fsp3) is 0.462. The third kappa shape index (κ3) is 2.29. The summed E-state index contributed by atoms with van der Waals surface area (Å²) in [6.07, 6.45) is 0.651. The van der Waals surface area contributed by atoms with Crippen LogP contribution in [0.25, 0.3) is 11.1 Å². The van der Waals surface area contributed by atoms with Crippen LogP contribution in [0.4, 0.5) is 0 Å². The number of nitrogens with zero attached hydrogens (tertiary/aromatic N) is 2. The molecule has 0 aliphatic carbocycles. The number of aliphatic hydroxyl groups excluding tert-OH is 1. The molecule has 1 atom stereocenters. The van der Waals surface area contributed by atoms with E-state index in [4.69, 9.17) is 9.52 Å². The maximum absolute atomic E-state index is 12.5. The summed E-state index contributed by atoms with van der Waals surface area (Å²) in [5.74, 6) is -0.542.